The van der Waals surface area contributed by atoms with E-state index in [9.17, 15) is 4.79 Å². The molecule has 0 aliphatic carbocycles. The van der Waals surface area contributed by atoms with Crippen molar-refractivity contribution in [3.63, 3.8) is 0 Å². The number of fused-ring (bicyclic) bond motifs is 3. The van der Waals surface area contributed by atoms with Gasteiger partial charge in [0.15, 0.2) is 22.9 Å². The highest BCUT2D eigenvalue weighted by molar-refractivity contribution is 6.34. The van der Waals surface area contributed by atoms with Gasteiger partial charge in [0.1, 0.15) is 17.3 Å². The highest BCUT2D eigenvalue weighted by Gasteiger charge is 2.50. The lowest BCUT2D eigenvalue weighted by Gasteiger charge is -2.35. The Bertz CT molecular complexity index is 1700. The quantitative estimate of drug-likeness (QED) is 0.262. The average molecular weight is 562 g/mol. The number of amides is 1. The molecule has 3 aliphatic heterocycles. The Hall–Kier alpha value is -4.28. The molecular weight excluding hydrogens is 540 g/mol. The van der Waals surface area contributed by atoms with Gasteiger partial charge in [-0.15, -0.1) is 0 Å². The Morgan fingerprint density at radius 3 is 2.62 bits per heavy atom. The number of rotatable bonds is 4. The van der Waals surface area contributed by atoms with Crippen LogP contribution >= 0.6 is 11.6 Å². The maximum Gasteiger partial charge on any atom is 0.249 e. The molecule has 40 heavy (non-hydrogen) atoms. The standard InChI is InChI=1S/C29H22ClF2N5O3/c30-25-17(31)10-20-16(11-29(40-20,22-7-4-8-34-22)14-5-2-1-3-6-14)23(25)24-15(28(33)38)9-18-27(26(24)32)39-21-13-36-35-12-19(21)37-18/h1-3,5-6,9-10,12-13,22,34,37H,4,7-8,11H2,(H2,33,38)/t22-,29-/m0/s1. The molecule has 4 heterocycles. The second-order valence-corrected chi connectivity index (χ2v) is 10.4. The minimum Gasteiger partial charge on any atom is -0.480 e. The number of nitrogens with one attached hydrogen (secondary N) is 2. The summed E-state index contributed by atoms with van der Waals surface area (Å²) in [6, 6.07) is 12.1. The van der Waals surface area contributed by atoms with Crippen molar-refractivity contribution >= 4 is 28.9 Å². The van der Waals surface area contributed by atoms with E-state index in [0.29, 0.717) is 11.3 Å². The largest absolute Gasteiger partial charge is 0.480 e. The van der Waals surface area contributed by atoms with E-state index in [1.165, 1.54) is 24.5 Å². The van der Waals surface area contributed by atoms with Gasteiger partial charge in [0.2, 0.25) is 5.91 Å². The molecule has 1 saturated heterocycles. The van der Waals surface area contributed by atoms with Gasteiger partial charge < -0.3 is 25.8 Å². The van der Waals surface area contributed by atoms with E-state index in [2.05, 4.69) is 20.8 Å². The lowest BCUT2D eigenvalue weighted by atomic mass is 9.80. The Morgan fingerprint density at radius 2 is 1.88 bits per heavy atom. The minimum atomic E-state index is -0.924. The molecule has 1 fully saturated rings. The van der Waals surface area contributed by atoms with Crippen LogP contribution in [-0.4, -0.2) is 28.7 Å². The monoisotopic (exact) mass is 561 g/mol. The van der Waals surface area contributed by atoms with Crippen molar-refractivity contribution in [1.82, 2.24) is 15.5 Å². The van der Waals surface area contributed by atoms with Gasteiger partial charge in [-0.3, -0.25) is 4.79 Å². The van der Waals surface area contributed by atoms with Gasteiger partial charge in [-0.05, 0) is 31.0 Å². The van der Waals surface area contributed by atoms with Crippen LogP contribution in [0.1, 0.15) is 34.3 Å². The molecule has 7 rings (SSSR count). The van der Waals surface area contributed by atoms with Crippen LogP contribution < -0.4 is 25.8 Å². The van der Waals surface area contributed by atoms with Crippen LogP contribution in [0, 0.1) is 11.6 Å². The highest BCUT2D eigenvalue weighted by atomic mass is 35.5. The number of anilines is 2. The van der Waals surface area contributed by atoms with Gasteiger partial charge in [0.25, 0.3) is 0 Å². The summed E-state index contributed by atoms with van der Waals surface area (Å²) in [4.78, 5) is 12.7. The number of primary amides is 1. The summed E-state index contributed by atoms with van der Waals surface area (Å²) >= 11 is 6.58. The van der Waals surface area contributed by atoms with Gasteiger partial charge in [0, 0.05) is 29.2 Å². The van der Waals surface area contributed by atoms with Crippen molar-refractivity contribution in [2.24, 2.45) is 5.73 Å². The zero-order chi connectivity index (χ0) is 27.6. The molecule has 0 unspecified atom stereocenters. The lowest BCUT2D eigenvalue weighted by Crippen LogP contribution is -2.48. The molecule has 8 nitrogen and oxygen atoms in total. The van der Waals surface area contributed by atoms with E-state index in [4.69, 9.17) is 26.8 Å². The number of ether oxygens (including phenoxy) is 2. The zero-order valence-electron chi connectivity index (χ0n) is 20.9. The van der Waals surface area contributed by atoms with E-state index in [0.717, 1.165) is 24.9 Å². The van der Waals surface area contributed by atoms with Crippen molar-refractivity contribution in [2.45, 2.75) is 30.9 Å². The number of hydrogen-bond donors (Lipinski definition) is 3. The van der Waals surface area contributed by atoms with Crippen LogP contribution in [-0.2, 0) is 12.0 Å². The molecule has 0 bridgehead atoms. The third-order valence-electron chi connectivity index (χ3n) is 7.82. The number of aromatic nitrogens is 2. The van der Waals surface area contributed by atoms with Crippen molar-refractivity contribution < 1.29 is 23.0 Å². The molecule has 0 saturated carbocycles. The molecule has 1 amide bonds. The molecule has 3 aromatic carbocycles. The summed E-state index contributed by atoms with van der Waals surface area (Å²) in [5.74, 6) is -2.41. The molecule has 3 aliphatic rings. The van der Waals surface area contributed by atoms with Crippen LogP contribution in [0.5, 0.6) is 17.2 Å². The lowest BCUT2D eigenvalue weighted by molar-refractivity contribution is 0.0539. The summed E-state index contributed by atoms with van der Waals surface area (Å²) in [5, 5.41) is 13.7. The van der Waals surface area contributed by atoms with Crippen molar-refractivity contribution in [1.29, 1.82) is 0 Å². The van der Waals surface area contributed by atoms with Crippen LogP contribution in [0.15, 0.2) is 54.9 Å². The first-order valence-electron chi connectivity index (χ1n) is 12.8. The second kappa shape index (κ2) is 9.14. The predicted molar refractivity (Wildman–Crippen MR) is 144 cm³/mol. The predicted octanol–water partition coefficient (Wildman–Crippen LogP) is 5.61. The second-order valence-electron chi connectivity index (χ2n) is 10.1. The summed E-state index contributed by atoms with van der Waals surface area (Å²) < 4.78 is 44.4. The maximum atomic E-state index is 16.5. The smallest absolute Gasteiger partial charge is 0.249 e. The Kier molecular flexibility index (Phi) is 5.65. The summed E-state index contributed by atoms with van der Waals surface area (Å²) in [6.45, 7) is 0.808. The maximum absolute atomic E-state index is 16.5. The topological polar surface area (TPSA) is 111 Å². The molecular formula is C29H22ClF2N5O3. The normalized spacial score (nSPS) is 20.5. The Morgan fingerprint density at radius 1 is 1.07 bits per heavy atom. The van der Waals surface area contributed by atoms with Gasteiger partial charge in [0.05, 0.1) is 34.7 Å². The van der Waals surface area contributed by atoms with Crippen LogP contribution in [0.2, 0.25) is 5.02 Å². The third-order valence-corrected chi connectivity index (χ3v) is 8.19. The Labute approximate surface area is 232 Å². The number of nitrogens with two attached hydrogens (primary N) is 1. The van der Waals surface area contributed by atoms with Gasteiger partial charge in [-0.2, -0.15) is 10.2 Å². The fourth-order valence-corrected chi connectivity index (χ4v) is 6.29. The van der Waals surface area contributed by atoms with Crippen molar-refractivity contribution in [3.8, 4) is 28.4 Å². The third kappa shape index (κ3) is 3.63. The summed E-state index contributed by atoms with van der Waals surface area (Å²) in [6.07, 6.45) is 4.77. The van der Waals surface area contributed by atoms with E-state index in [1.807, 2.05) is 30.3 Å². The fourth-order valence-electron chi connectivity index (χ4n) is 6.03. The zero-order valence-corrected chi connectivity index (χ0v) is 21.7. The number of carbonyl (C=O) groups is 1. The number of carbonyl (C=O) groups excluding carboxylic acids is 1. The molecule has 0 spiro atoms. The van der Waals surface area contributed by atoms with Gasteiger partial charge in [-0.25, -0.2) is 8.78 Å². The van der Waals surface area contributed by atoms with Gasteiger partial charge >= 0.3 is 0 Å². The molecule has 1 aromatic heterocycles. The molecule has 2 atom stereocenters. The number of hydrogen-bond acceptors (Lipinski definition) is 7. The highest BCUT2D eigenvalue weighted by Crippen LogP contribution is 2.54. The minimum absolute atomic E-state index is 0.00354. The number of benzene rings is 3. The first kappa shape index (κ1) is 24.7. The molecule has 4 aromatic rings. The number of nitrogens with zero attached hydrogens (tertiary/aromatic N) is 2. The SMILES string of the molecule is NC(=O)c1cc2c(c(F)c1-c1c(Cl)c(F)cc3c1C[C@](c1ccccc1)([C@@H]1CCCN1)O3)Oc1cnncc1N2. The van der Waals surface area contributed by atoms with Crippen molar-refractivity contribution in [2.75, 3.05) is 11.9 Å². The summed E-state index contributed by atoms with van der Waals surface area (Å²) in [7, 11) is 0. The summed E-state index contributed by atoms with van der Waals surface area (Å²) in [5.41, 5.74) is 6.35. The molecule has 11 heteroatoms. The first-order chi connectivity index (χ1) is 19.4. The van der Waals surface area contributed by atoms with Crippen LogP contribution in [0.25, 0.3) is 11.1 Å². The first-order valence-corrected chi connectivity index (χ1v) is 13.2. The van der Waals surface area contributed by atoms with Crippen LogP contribution in [0.4, 0.5) is 20.2 Å². The van der Waals surface area contributed by atoms with Crippen molar-refractivity contribution in [3.05, 3.63) is 88.2 Å². The average Bonchev–Trinajstić information content (AvgIpc) is 3.63. The van der Waals surface area contributed by atoms with E-state index in [-0.39, 0.29) is 57.1 Å². The molecule has 0 radical (unpaired) electrons. The molecule has 202 valence electrons. The van der Waals surface area contributed by atoms with Gasteiger partial charge in [-0.1, -0.05) is 41.9 Å². The van der Waals surface area contributed by atoms with E-state index >= 15 is 8.78 Å². The van der Waals surface area contributed by atoms with E-state index in [1.54, 1.807) is 0 Å². The Balaban J connectivity index is 1.45. The number of halogens is 3. The fraction of sp³-hybridized carbons (Fsp3) is 0.207. The molecule has 4 N–H and O–H groups in total. The van der Waals surface area contributed by atoms with Crippen LogP contribution in [0.3, 0.4) is 0 Å². The van der Waals surface area contributed by atoms with E-state index < -0.39 is 23.1 Å².